The van der Waals surface area contributed by atoms with E-state index in [1.165, 1.54) is 17.0 Å². The van der Waals surface area contributed by atoms with Crippen LogP contribution < -0.4 is 9.57 Å². The van der Waals surface area contributed by atoms with E-state index < -0.39 is 15.9 Å². The number of hydrogen-bond donors (Lipinski definition) is 1. The van der Waals surface area contributed by atoms with Gasteiger partial charge in [-0.15, -0.1) is 0 Å². The highest BCUT2D eigenvalue weighted by Crippen LogP contribution is 2.30. The molecule has 1 fully saturated rings. The van der Waals surface area contributed by atoms with Gasteiger partial charge >= 0.3 is 0 Å². The lowest BCUT2D eigenvalue weighted by molar-refractivity contribution is -0.0494. The van der Waals surface area contributed by atoms with Crippen molar-refractivity contribution in [3.05, 3.63) is 59.2 Å². The van der Waals surface area contributed by atoms with Crippen LogP contribution in [0.4, 0.5) is 8.78 Å². The summed E-state index contributed by atoms with van der Waals surface area (Å²) < 4.78 is 57.4. The Hall–Kier alpha value is -3.01. The summed E-state index contributed by atoms with van der Waals surface area (Å²) in [6.07, 6.45) is -0.311. The van der Waals surface area contributed by atoms with E-state index in [-0.39, 0.29) is 43.3 Å². The number of hydrazone groups is 1. The van der Waals surface area contributed by atoms with Crippen LogP contribution in [0.1, 0.15) is 40.7 Å². The third-order valence-corrected chi connectivity index (χ3v) is 6.77. The molecule has 0 unspecified atom stereocenters. The van der Waals surface area contributed by atoms with E-state index in [2.05, 4.69) is 9.93 Å². The van der Waals surface area contributed by atoms with Gasteiger partial charge in [0.15, 0.2) is 0 Å². The summed E-state index contributed by atoms with van der Waals surface area (Å²) in [4.78, 5) is 16.5. The summed E-state index contributed by atoms with van der Waals surface area (Å²) in [6, 6.07) is 11.2. The summed E-state index contributed by atoms with van der Waals surface area (Å²) >= 11 is 0. The van der Waals surface area contributed by atoms with Crippen LogP contribution in [-0.4, -0.2) is 50.6 Å². The molecule has 0 radical (unpaired) electrons. The van der Waals surface area contributed by atoms with Crippen molar-refractivity contribution in [2.45, 2.75) is 37.0 Å². The number of nitrogens with one attached hydrogen (secondary N) is 1. The van der Waals surface area contributed by atoms with Crippen molar-refractivity contribution in [2.24, 2.45) is 5.10 Å². The zero-order valence-electron chi connectivity index (χ0n) is 17.5. The second kappa shape index (κ2) is 8.50. The van der Waals surface area contributed by atoms with Gasteiger partial charge in [0.2, 0.25) is 0 Å². The molecule has 1 N–H and O–H groups in total. The predicted molar refractivity (Wildman–Crippen MR) is 115 cm³/mol. The molecule has 0 saturated carbocycles. The largest absolute Gasteiger partial charge is 0.492 e. The van der Waals surface area contributed by atoms with Gasteiger partial charge in [-0.1, -0.05) is 17.7 Å². The van der Waals surface area contributed by atoms with E-state index in [0.717, 1.165) is 5.56 Å². The minimum atomic E-state index is -3.82. The minimum absolute atomic E-state index is 0.00270. The molecule has 2 aromatic rings. The number of hydrogen-bond acceptors (Lipinski definition) is 5. The van der Waals surface area contributed by atoms with Crippen molar-refractivity contribution >= 4 is 21.6 Å². The van der Waals surface area contributed by atoms with Gasteiger partial charge < -0.3 is 9.64 Å². The van der Waals surface area contributed by atoms with Gasteiger partial charge in [-0.3, -0.25) is 4.79 Å². The highest BCUT2D eigenvalue weighted by atomic mass is 32.2. The molecule has 2 aromatic carbocycles. The van der Waals surface area contributed by atoms with Crippen LogP contribution in [0.2, 0.25) is 0 Å². The van der Waals surface area contributed by atoms with Crippen molar-refractivity contribution in [3.63, 3.8) is 0 Å². The molecule has 2 aliphatic rings. The fourth-order valence-corrected chi connectivity index (χ4v) is 4.46. The summed E-state index contributed by atoms with van der Waals surface area (Å²) in [6.45, 7) is 2.13. The molecule has 4 rings (SSSR count). The molecule has 0 atom stereocenters. The number of carbonyl (C=O) groups is 1. The lowest BCUT2D eigenvalue weighted by atomic mass is 10.0. The Bertz CT molecular complexity index is 1150. The van der Waals surface area contributed by atoms with Crippen LogP contribution in [0.15, 0.2) is 52.5 Å². The van der Waals surface area contributed by atoms with Crippen LogP contribution in [0.5, 0.6) is 5.75 Å². The number of ether oxygens (including phenoxy) is 1. The highest BCUT2D eigenvalue weighted by Gasteiger charge is 2.36. The van der Waals surface area contributed by atoms with Gasteiger partial charge in [-0.2, -0.15) is 18.4 Å². The number of fused-ring (bicyclic) bond motifs is 1. The average Bonchev–Trinajstić information content (AvgIpc) is 2.77. The summed E-state index contributed by atoms with van der Waals surface area (Å²) in [5.74, 6) is -2.67. The molecule has 0 aromatic heterocycles. The molecule has 32 heavy (non-hydrogen) atoms. The highest BCUT2D eigenvalue weighted by molar-refractivity contribution is 7.89. The second-order valence-electron chi connectivity index (χ2n) is 7.92. The molecule has 2 heterocycles. The van der Waals surface area contributed by atoms with Gasteiger partial charge in [0.1, 0.15) is 5.75 Å². The monoisotopic (exact) mass is 463 g/mol. The number of amides is 1. The van der Waals surface area contributed by atoms with E-state index >= 15 is 0 Å². The Balaban J connectivity index is 1.52. The van der Waals surface area contributed by atoms with E-state index in [1.807, 2.05) is 6.92 Å². The fourth-order valence-electron chi connectivity index (χ4n) is 3.63. The molecule has 10 heteroatoms. The smallest absolute Gasteiger partial charge is 0.276 e. The molecule has 0 bridgehead atoms. The van der Waals surface area contributed by atoms with Crippen LogP contribution >= 0.6 is 0 Å². The third-order valence-electron chi connectivity index (χ3n) is 5.55. The lowest BCUT2D eigenvalue weighted by Crippen LogP contribution is -2.42. The van der Waals surface area contributed by atoms with Gasteiger partial charge in [0.25, 0.3) is 21.9 Å². The van der Waals surface area contributed by atoms with Crippen molar-refractivity contribution in [1.29, 1.82) is 0 Å². The van der Waals surface area contributed by atoms with Crippen molar-refractivity contribution in [3.8, 4) is 5.75 Å². The van der Waals surface area contributed by atoms with E-state index in [0.29, 0.717) is 29.0 Å². The first-order chi connectivity index (χ1) is 15.1. The number of carbonyl (C=O) groups excluding carboxylic acids is 1. The zero-order valence-corrected chi connectivity index (χ0v) is 18.3. The standard InChI is InChI=1S/C22H23F2N3O4S/c1-15-2-5-17(6-3-15)32(29,30)26-25-19-8-13-31-20-14-16(4-7-18(19)20)21(28)27-11-9-22(23,24)10-12-27/h2-7,14,26H,8-13H2,1H3/b25-19+. The summed E-state index contributed by atoms with van der Waals surface area (Å²) in [5.41, 5.74) is 2.33. The van der Waals surface area contributed by atoms with E-state index in [4.69, 9.17) is 4.74 Å². The average molecular weight is 464 g/mol. The number of nitrogens with zero attached hydrogens (tertiary/aromatic N) is 2. The number of alkyl halides is 2. The summed E-state index contributed by atoms with van der Waals surface area (Å²) in [5, 5.41) is 4.10. The van der Waals surface area contributed by atoms with E-state index in [1.54, 1.807) is 30.3 Å². The molecular formula is C22H23F2N3O4S. The maximum absolute atomic E-state index is 13.4. The molecular weight excluding hydrogens is 440 g/mol. The Kier molecular flexibility index (Phi) is 5.89. The topological polar surface area (TPSA) is 88.1 Å². The van der Waals surface area contributed by atoms with Crippen molar-refractivity contribution in [2.75, 3.05) is 19.7 Å². The number of sulfonamides is 1. The zero-order chi connectivity index (χ0) is 22.9. The molecule has 1 amide bonds. The number of halogens is 2. The Morgan fingerprint density at radius 1 is 1.12 bits per heavy atom. The molecule has 2 aliphatic heterocycles. The molecule has 1 saturated heterocycles. The maximum atomic E-state index is 13.4. The van der Waals surface area contributed by atoms with Gasteiger partial charge in [0, 0.05) is 43.5 Å². The number of piperidine rings is 1. The van der Waals surface area contributed by atoms with Crippen LogP contribution in [0.25, 0.3) is 0 Å². The quantitative estimate of drug-likeness (QED) is 0.705. The number of likely N-dealkylation sites (tertiary alicyclic amines) is 1. The van der Waals surface area contributed by atoms with Crippen molar-refractivity contribution in [1.82, 2.24) is 9.73 Å². The van der Waals surface area contributed by atoms with Crippen LogP contribution in [-0.2, 0) is 10.0 Å². The Labute approximate surface area is 185 Å². The van der Waals surface area contributed by atoms with Gasteiger partial charge in [-0.25, -0.2) is 8.78 Å². The van der Waals surface area contributed by atoms with Crippen LogP contribution in [0.3, 0.4) is 0 Å². The van der Waals surface area contributed by atoms with Gasteiger partial charge in [-0.05, 0) is 37.3 Å². The SMILES string of the molecule is Cc1ccc(S(=O)(=O)N/N=C2\CCOc3cc(C(=O)N4CCC(F)(F)CC4)ccc32)cc1. The molecule has 0 aliphatic carbocycles. The fraction of sp³-hybridized carbons (Fsp3) is 0.364. The first-order valence-corrected chi connectivity index (χ1v) is 11.7. The maximum Gasteiger partial charge on any atom is 0.276 e. The van der Waals surface area contributed by atoms with E-state index in [9.17, 15) is 22.0 Å². The van der Waals surface area contributed by atoms with Gasteiger partial charge in [0.05, 0.1) is 17.2 Å². The third kappa shape index (κ3) is 4.74. The molecule has 0 spiro atoms. The molecule has 7 nitrogen and oxygen atoms in total. The minimum Gasteiger partial charge on any atom is -0.492 e. The second-order valence-corrected chi connectivity index (χ2v) is 9.58. The Morgan fingerprint density at radius 2 is 1.81 bits per heavy atom. The predicted octanol–water partition coefficient (Wildman–Crippen LogP) is 3.33. The number of aryl methyl sites for hydroxylation is 1. The lowest BCUT2D eigenvalue weighted by Gasteiger charge is -2.32. The van der Waals surface area contributed by atoms with Crippen molar-refractivity contribution < 1.29 is 26.7 Å². The number of rotatable bonds is 4. The normalized spacial score (nSPS) is 19.2. The molecule has 170 valence electrons. The first-order valence-electron chi connectivity index (χ1n) is 10.2. The Morgan fingerprint density at radius 3 is 2.50 bits per heavy atom. The summed E-state index contributed by atoms with van der Waals surface area (Å²) in [7, 11) is -3.82. The number of benzene rings is 2. The van der Waals surface area contributed by atoms with Crippen LogP contribution in [0, 0.1) is 6.92 Å². The first kappa shape index (κ1) is 22.2.